The Morgan fingerprint density at radius 1 is 1.33 bits per heavy atom. The Bertz CT molecular complexity index is 790. The Labute approximate surface area is 146 Å². The lowest BCUT2D eigenvalue weighted by molar-refractivity contribution is 0.00958. The summed E-state index contributed by atoms with van der Waals surface area (Å²) in [5.41, 5.74) is 1.88. The van der Waals surface area contributed by atoms with Crippen LogP contribution in [0.5, 0.6) is 0 Å². The summed E-state index contributed by atoms with van der Waals surface area (Å²) in [4.78, 5) is 21.3. The molecule has 6 heteroatoms. The minimum atomic E-state index is -0.615. The van der Waals surface area contributed by atoms with Crippen LogP contribution in [0.25, 0.3) is 0 Å². The number of cyclic esters (lactones) is 1. The average Bonchev–Trinajstić information content (AvgIpc) is 3.03. The number of nitrogens with one attached hydrogen (secondary N) is 1. The highest BCUT2D eigenvalue weighted by Crippen LogP contribution is 2.39. The molecule has 2 aromatic heterocycles. The molecule has 128 valence electrons. The van der Waals surface area contributed by atoms with E-state index < -0.39 is 5.60 Å². The van der Waals surface area contributed by atoms with E-state index in [1.165, 1.54) is 0 Å². The topological polar surface area (TPSA) is 64.1 Å². The van der Waals surface area contributed by atoms with Crippen molar-refractivity contribution in [1.82, 2.24) is 9.97 Å². The van der Waals surface area contributed by atoms with Crippen molar-refractivity contribution in [3.63, 3.8) is 0 Å². The van der Waals surface area contributed by atoms with E-state index in [9.17, 15) is 4.79 Å². The molecule has 0 saturated heterocycles. The summed E-state index contributed by atoms with van der Waals surface area (Å²) in [7, 11) is 0. The van der Waals surface area contributed by atoms with Gasteiger partial charge in [0, 0.05) is 22.6 Å². The SMILES string of the molecule is C[C@H](Nc1nccc2c1C(=O)OC2(C)C)c1nc(C(C)(C)C)cs1. The molecule has 24 heavy (non-hydrogen) atoms. The number of ether oxygens (including phenoxy) is 1. The molecule has 0 saturated carbocycles. The Balaban J connectivity index is 1.89. The predicted molar refractivity (Wildman–Crippen MR) is 95.5 cm³/mol. The molecule has 0 radical (unpaired) electrons. The van der Waals surface area contributed by atoms with E-state index in [2.05, 4.69) is 36.5 Å². The third-order valence-electron chi connectivity index (χ3n) is 4.17. The summed E-state index contributed by atoms with van der Waals surface area (Å²) >= 11 is 1.62. The molecular formula is C18H23N3O2S. The van der Waals surface area contributed by atoms with Gasteiger partial charge in [0.15, 0.2) is 0 Å². The van der Waals surface area contributed by atoms with Crippen molar-refractivity contribution in [3.05, 3.63) is 39.5 Å². The van der Waals surface area contributed by atoms with E-state index in [1.807, 2.05) is 26.8 Å². The lowest BCUT2D eigenvalue weighted by Gasteiger charge is -2.18. The minimum Gasteiger partial charge on any atom is -0.451 e. The van der Waals surface area contributed by atoms with Crippen molar-refractivity contribution in [1.29, 1.82) is 0 Å². The molecule has 2 aromatic rings. The summed E-state index contributed by atoms with van der Waals surface area (Å²) in [5.74, 6) is 0.232. The van der Waals surface area contributed by atoms with E-state index in [0.29, 0.717) is 11.4 Å². The second-order valence-corrected chi connectivity index (χ2v) is 8.56. The van der Waals surface area contributed by atoms with Gasteiger partial charge in [0.2, 0.25) is 0 Å². The van der Waals surface area contributed by atoms with Gasteiger partial charge in [0.05, 0.1) is 11.7 Å². The lowest BCUT2D eigenvalue weighted by Crippen LogP contribution is -2.16. The number of carbonyl (C=O) groups excluding carboxylic acids is 1. The molecule has 5 nitrogen and oxygen atoms in total. The molecular weight excluding hydrogens is 322 g/mol. The first-order valence-electron chi connectivity index (χ1n) is 8.05. The molecule has 0 unspecified atom stereocenters. The van der Waals surface area contributed by atoms with Crippen LogP contribution in [0.15, 0.2) is 17.6 Å². The standard InChI is InChI=1S/C18H23N3O2S/c1-10(15-21-12(9-24-15)17(2,3)4)20-14-13-11(7-8-19-14)18(5,6)23-16(13)22/h7-10H,1-6H3,(H,19,20)/t10-/m0/s1. The van der Waals surface area contributed by atoms with Gasteiger partial charge in [-0.2, -0.15) is 0 Å². The molecule has 1 atom stereocenters. The molecule has 0 aliphatic carbocycles. The van der Waals surface area contributed by atoms with Crippen LogP contribution in [0.3, 0.4) is 0 Å². The highest BCUT2D eigenvalue weighted by Gasteiger charge is 2.40. The highest BCUT2D eigenvalue weighted by atomic mass is 32.1. The van der Waals surface area contributed by atoms with Gasteiger partial charge in [-0.15, -0.1) is 11.3 Å². The average molecular weight is 345 g/mol. The van der Waals surface area contributed by atoms with Crippen molar-refractivity contribution >= 4 is 23.1 Å². The van der Waals surface area contributed by atoms with Crippen LogP contribution in [0.2, 0.25) is 0 Å². The fourth-order valence-electron chi connectivity index (χ4n) is 2.72. The van der Waals surface area contributed by atoms with Gasteiger partial charge in [-0.05, 0) is 26.8 Å². The van der Waals surface area contributed by atoms with E-state index in [4.69, 9.17) is 9.72 Å². The maximum atomic E-state index is 12.2. The number of nitrogens with zero attached hydrogens (tertiary/aromatic N) is 2. The molecule has 0 fully saturated rings. The van der Waals surface area contributed by atoms with Crippen LogP contribution in [-0.4, -0.2) is 15.9 Å². The zero-order valence-corrected chi connectivity index (χ0v) is 15.7. The summed E-state index contributed by atoms with van der Waals surface area (Å²) < 4.78 is 5.46. The van der Waals surface area contributed by atoms with Crippen molar-refractivity contribution < 1.29 is 9.53 Å². The third kappa shape index (κ3) is 2.90. The normalized spacial score (nSPS) is 17.3. The van der Waals surface area contributed by atoms with E-state index in [-0.39, 0.29) is 17.4 Å². The molecule has 1 aliphatic rings. The Hall–Kier alpha value is -1.95. The molecule has 1 N–H and O–H groups in total. The van der Waals surface area contributed by atoms with Crippen LogP contribution in [0.1, 0.15) is 74.2 Å². The first kappa shape index (κ1) is 16.9. The molecule has 3 rings (SSSR count). The number of thiazole rings is 1. The van der Waals surface area contributed by atoms with Gasteiger partial charge in [0.25, 0.3) is 0 Å². The van der Waals surface area contributed by atoms with Gasteiger partial charge in [-0.3, -0.25) is 0 Å². The second-order valence-electron chi connectivity index (χ2n) is 7.67. The molecule has 0 bridgehead atoms. The first-order valence-corrected chi connectivity index (χ1v) is 8.93. The zero-order chi connectivity index (χ0) is 17.7. The van der Waals surface area contributed by atoms with E-state index in [1.54, 1.807) is 17.5 Å². The van der Waals surface area contributed by atoms with Crippen molar-refractivity contribution in [2.75, 3.05) is 5.32 Å². The summed E-state index contributed by atoms with van der Waals surface area (Å²) in [6, 6.07) is 1.80. The minimum absolute atomic E-state index is 0.0224. The summed E-state index contributed by atoms with van der Waals surface area (Å²) in [5, 5.41) is 6.40. The largest absolute Gasteiger partial charge is 0.451 e. The van der Waals surface area contributed by atoms with Gasteiger partial charge >= 0.3 is 5.97 Å². The summed E-state index contributed by atoms with van der Waals surface area (Å²) in [6.45, 7) is 12.2. The van der Waals surface area contributed by atoms with Crippen LogP contribution in [0, 0.1) is 0 Å². The van der Waals surface area contributed by atoms with Gasteiger partial charge in [-0.25, -0.2) is 14.8 Å². The van der Waals surface area contributed by atoms with Crippen molar-refractivity contribution in [3.8, 4) is 0 Å². The fraction of sp³-hybridized carbons (Fsp3) is 0.500. The van der Waals surface area contributed by atoms with Gasteiger partial charge in [0.1, 0.15) is 22.0 Å². The number of rotatable bonds is 3. The summed E-state index contributed by atoms with van der Waals surface area (Å²) in [6.07, 6.45) is 1.71. The number of pyridine rings is 1. The molecule has 3 heterocycles. The van der Waals surface area contributed by atoms with Gasteiger partial charge in [-0.1, -0.05) is 20.8 Å². The maximum Gasteiger partial charge on any atom is 0.343 e. The number of fused-ring (bicyclic) bond motifs is 1. The Kier molecular flexibility index (Phi) is 3.91. The Morgan fingerprint density at radius 2 is 2.04 bits per heavy atom. The van der Waals surface area contributed by atoms with Crippen molar-refractivity contribution in [2.24, 2.45) is 0 Å². The quantitative estimate of drug-likeness (QED) is 0.835. The number of carbonyl (C=O) groups is 1. The second kappa shape index (κ2) is 5.55. The highest BCUT2D eigenvalue weighted by molar-refractivity contribution is 7.09. The van der Waals surface area contributed by atoms with Crippen LogP contribution in [-0.2, 0) is 15.8 Å². The maximum absolute atomic E-state index is 12.2. The van der Waals surface area contributed by atoms with E-state index >= 15 is 0 Å². The number of hydrogen-bond donors (Lipinski definition) is 1. The van der Waals surface area contributed by atoms with Gasteiger partial charge < -0.3 is 10.1 Å². The lowest BCUT2D eigenvalue weighted by atomic mass is 9.93. The van der Waals surface area contributed by atoms with Crippen LogP contribution in [0.4, 0.5) is 5.82 Å². The molecule has 0 aromatic carbocycles. The predicted octanol–water partition coefficient (Wildman–Crippen LogP) is 4.41. The number of aromatic nitrogens is 2. The first-order chi connectivity index (χ1) is 11.1. The third-order valence-corrected chi connectivity index (χ3v) is 5.19. The Morgan fingerprint density at radius 3 is 2.67 bits per heavy atom. The van der Waals surface area contributed by atoms with E-state index in [0.717, 1.165) is 16.3 Å². The number of anilines is 1. The van der Waals surface area contributed by atoms with Crippen LogP contribution >= 0.6 is 11.3 Å². The van der Waals surface area contributed by atoms with Crippen molar-refractivity contribution in [2.45, 2.75) is 58.6 Å². The molecule has 1 aliphatic heterocycles. The van der Waals surface area contributed by atoms with Crippen LogP contribution < -0.4 is 5.32 Å². The molecule has 0 spiro atoms. The number of esters is 1. The zero-order valence-electron chi connectivity index (χ0n) is 14.9. The monoisotopic (exact) mass is 345 g/mol. The molecule has 0 amide bonds. The fourth-order valence-corrected chi connectivity index (χ4v) is 3.77. The smallest absolute Gasteiger partial charge is 0.343 e. The number of hydrogen-bond acceptors (Lipinski definition) is 6.